The summed E-state index contributed by atoms with van der Waals surface area (Å²) in [7, 11) is 1.62. The largest absolute Gasteiger partial charge is 0.497 e. The summed E-state index contributed by atoms with van der Waals surface area (Å²) in [5, 5.41) is 8.95. The van der Waals surface area contributed by atoms with Crippen LogP contribution in [0.1, 0.15) is 25.8 Å². The number of carbonyl (C=O) groups is 1. The van der Waals surface area contributed by atoms with E-state index in [1.165, 1.54) is 0 Å². The van der Waals surface area contributed by atoms with E-state index in [0.29, 0.717) is 19.6 Å². The molecule has 0 aliphatic heterocycles. The number of aliphatic carboxylic acids is 1. The van der Waals surface area contributed by atoms with Gasteiger partial charge in [0.15, 0.2) is 0 Å². The Labute approximate surface area is 108 Å². The van der Waals surface area contributed by atoms with Gasteiger partial charge in [-0.3, -0.25) is 4.79 Å². The highest BCUT2D eigenvalue weighted by atomic mass is 16.5. The monoisotopic (exact) mass is 252 g/mol. The van der Waals surface area contributed by atoms with Crippen molar-refractivity contribution >= 4 is 5.97 Å². The maximum Gasteiger partial charge on any atom is 0.309 e. The molecule has 0 aliphatic rings. The lowest BCUT2D eigenvalue weighted by Gasteiger charge is -2.18. The van der Waals surface area contributed by atoms with E-state index >= 15 is 0 Å². The van der Waals surface area contributed by atoms with Crippen LogP contribution in [0.3, 0.4) is 0 Å². The van der Waals surface area contributed by atoms with Gasteiger partial charge in [0.2, 0.25) is 0 Å². The molecule has 100 valence electrons. The fourth-order valence-electron chi connectivity index (χ4n) is 1.39. The second-order valence-corrected chi connectivity index (χ2v) is 4.84. The number of carboxylic acid groups (broad SMARTS) is 1. The molecular formula is C14H20O4. The second-order valence-electron chi connectivity index (χ2n) is 4.84. The standard InChI is InChI=1S/C14H20O4/c1-14(2,13(15)16)7-8-18-10-11-5-4-6-12(9-11)17-3/h4-6,9H,7-8,10H2,1-3H3,(H,15,16). The highest BCUT2D eigenvalue weighted by Gasteiger charge is 2.26. The molecule has 0 unspecified atom stereocenters. The van der Waals surface area contributed by atoms with Gasteiger partial charge in [-0.15, -0.1) is 0 Å². The van der Waals surface area contributed by atoms with E-state index in [0.717, 1.165) is 11.3 Å². The maximum absolute atomic E-state index is 10.9. The van der Waals surface area contributed by atoms with Crippen LogP contribution < -0.4 is 4.74 Å². The maximum atomic E-state index is 10.9. The molecule has 0 amide bonds. The van der Waals surface area contributed by atoms with Crippen LogP contribution in [-0.2, 0) is 16.1 Å². The molecule has 0 saturated carbocycles. The first-order valence-electron chi connectivity index (χ1n) is 5.90. The van der Waals surface area contributed by atoms with E-state index in [9.17, 15) is 4.79 Å². The lowest BCUT2D eigenvalue weighted by Crippen LogP contribution is -2.25. The van der Waals surface area contributed by atoms with Crippen LogP contribution in [0.25, 0.3) is 0 Å². The molecule has 1 aromatic carbocycles. The number of hydrogen-bond donors (Lipinski definition) is 1. The zero-order valence-corrected chi connectivity index (χ0v) is 11.1. The fraction of sp³-hybridized carbons (Fsp3) is 0.500. The van der Waals surface area contributed by atoms with Gasteiger partial charge >= 0.3 is 5.97 Å². The quantitative estimate of drug-likeness (QED) is 0.758. The molecule has 4 heteroatoms. The minimum Gasteiger partial charge on any atom is -0.497 e. The van der Waals surface area contributed by atoms with Gasteiger partial charge in [-0.25, -0.2) is 0 Å². The van der Waals surface area contributed by atoms with Crippen LogP contribution in [0.15, 0.2) is 24.3 Å². The third kappa shape index (κ3) is 4.37. The van der Waals surface area contributed by atoms with Crippen molar-refractivity contribution in [3.63, 3.8) is 0 Å². The van der Waals surface area contributed by atoms with Crippen molar-refractivity contribution in [1.29, 1.82) is 0 Å². The summed E-state index contributed by atoms with van der Waals surface area (Å²) in [4.78, 5) is 10.9. The summed E-state index contributed by atoms with van der Waals surface area (Å²) in [5.41, 5.74) is 0.274. The van der Waals surface area contributed by atoms with Gasteiger partial charge in [-0.2, -0.15) is 0 Å². The van der Waals surface area contributed by atoms with Crippen molar-refractivity contribution in [2.45, 2.75) is 26.9 Å². The molecule has 0 atom stereocenters. The molecule has 0 aromatic heterocycles. The van der Waals surface area contributed by atoms with Crippen molar-refractivity contribution in [1.82, 2.24) is 0 Å². The van der Waals surface area contributed by atoms with Crippen LogP contribution in [-0.4, -0.2) is 24.8 Å². The normalized spacial score (nSPS) is 11.3. The Bertz CT molecular complexity index is 399. The van der Waals surface area contributed by atoms with E-state index in [1.807, 2.05) is 24.3 Å². The highest BCUT2D eigenvalue weighted by molar-refractivity contribution is 5.73. The Kier molecular flexibility index (Phi) is 5.16. The molecule has 0 radical (unpaired) electrons. The Morgan fingerprint density at radius 1 is 1.39 bits per heavy atom. The summed E-state index contributed by atoms with van der Waals surface area (Å²) < 4.78 is 10.6. The fourth-order valence-corrected chi connectivity index (χ4v) is 1.39. The number of methoxy groups -OCH3 is 1. The smallest absolute Gasteiger partial charge is 0.309 e. The third-order valence-corrected chi connectivity index (χ3v) is 2.85. The summed E-state index contributed by atoms with van der Waals surface area (Å²) in [6, 6.07) is 7.63. The molecule has 0 spiro atoms. The molecule has 0 aliphatic carbocycles. The lowest BCUT2D eigenvalue weighted by atomic mass is 9.90. The van der Waals surface area contributed by atoms with Gasteiger partial charge in [0.25, 0.3) is 0 Å². The summed E-state index contributed by atoms with van der Waals surface area (Å²) in [6.07, 6.45) is 0.492. The zero-order chi connectivity index (χ0) is 13.6. The zero-order valence-electron chi connectivity index (χ0n) is 11.1. The van der Waals surface area contributed by atoms with Crippen LogP contribution in [0.5, 0.6) is 5.75 Å². The SMILES string of the molecule is COc1cccc(COCCC(C)(C)C(=O)O)c1. The summed E-state index contributed by atoms with van der Waals surface area (Å²) in [5.74, 6) is -0.00514. The van der Waals surface area contributed by atoms with Crippen molar-refractivity contribution in [2.75, 3.05) is 13.7 Å². The number of benzene rings is 1. The molecular weight excluding hydrogens is 232 g/mol. The van der Waals surface area contributed by atoms with E-state index in [4.69, 9.17) is 14.6 Å². The minimum atomic E-state index is -0.799. The first-order valence-corrected chi connectivity index (χ1v) is 5.90. The van der Waals surface area contributed by atoms with Crippen LogP contribution in [0.4, 0.5) is 0 Å². The van der Waals surface area contributed by atoms with Crippen LogP contribution >= 0.6 is 0 Å². The number of hydrogen-bond acceptors (Lipinski definition) is 3. The van der Waals surface area contributed by atoms with E-state index in [1.54, 1.807) is 21.0 Å². The molecule has 1 N–H and O–H groups in total. The average molecular weight is 252 g/mol. The Balaban J connectivity index is 2.36. The molecule has 1 aromatic rings. The highest BCUT2D eigenvalue weighted by Crippen LogP contribution is 2.20. The lowest BCUT2D eigenvalue weighted by molar-refractivity contribution is -0.148. The molecule has 1 rings (SSSR count). The Morgan fingerprint density at radius 3 is 2.72 bits per heavy atom. The predicted octanol–water partition coefficient (Wildman–Crippen LogP) is 2.71. The van der Waals surface area contributed by atoms with Gasteiger partial charge < -0.3 is 14.6 Å². The van der Waals surface area contributed by atoms with Gasteiger partial charge in [0.1, 0.15) is 5.75 Å². The second kappa shape index (κ2) is 6.40. The van der Waals surface area contributed by atoms with E-state index in [-0.39, 0.29) is 0 Å². The average Bonchev–Trinajstić information content (AvgIpc) is 2.35. The first kappa shape index (κ1) is 14.5. The molecule has 0 saturated heterocycles. The minimum absolute atomic E-state index is 0.427. The van der Waals surface area contributed by atoms with Crippen molar-refractivity contribution in [3.05, 3.63) is 29.8 Å². The van der Waals surface area contributed by atoms with E-state index < -0.39 is 11.4 Å². The van der Waals surface area contributed by atoms with E-state index in [2.05, 4.69) is 0 Å². The van der Waals surface area contributed by atoms with Crippen molar-refractivity contribution < 1.29 is 19.4 Å². The Hall–Kier alpha value is -1.55. The molecule has 0 fully saturated rings. The number of ether oxygens (including phenoxy) is 2. The topological polar surface area (TPSA) is 55.8 Å². The summed E-state index contributed by atoms with van der Waals surface area (Å²) in [6.45, 7) is 4.29. The molecule has 18 heavy (non-hydrogen) atoms. The van der Waals surface area contributed by atoms with Gasteiger partial charge in [0, 0.05) is 6.61 Å². The molecule has 0 heterocycles. The summed E-state index contributed by atoms with van der Waals surface area (Å²) >= 11 is 0. The van der Waals surface area contributed by atoms with Crippen molar-refractivity contribution in [2.24, 2.45) is 5.41 Å². The predicted molar refractivity (Wildman–Crippen MR) is 68.7 cm³/mol. The van der Waals surface area contributed by atoms with Gasteiger partial charge in [-0.05, 0) is 38.0 Å². The molecule has 0 bridgehead atoms. The third-order valence-electron chi connectivity index (χ3n) is 2.85. The van der Waals surface area contributed by atoms with Crippen molar-refractivity contribution in [3.8, 4) is 5.75 Å². The van der Waals surface area contributed by atoms with Crippen LogP contribution in [0, 0.1) is 5.41 Å². The number of carboxylic acids is 1. The Morgan fingerprint density at radius 2 is 2.11 bits per heavy atom. The van der Waals surface area contributed by atoms with Gasteiger partial charge in [-0.1, -0.05) is 12.1 Å². The van der Waals surface area contributed by atoms with Crippen LogP contribution in [0.2, 0.25) is 0 Å². The molecule has 4 nitrogen and oxygen atoms in total. The number of rotatable bonds is 7. The van der Waals surface area contributed by atoms with Gasteiger partial charge in [0.05, 0.1) is 19.1 Å². The first-order chi connectivity index (χ1) is 8.45.